The van der Waals surface area contributed by atoms with Gasteiger partial charge in [0.05, 0.1) is 5.52 Å². The molecule has 1 saturated carbocycles. The van der Waals surface area contributed by atoms with Gasteiger partial charge in [-0.2, -0.15) is 0 Å². The molecule has 0 bridgehead atoms. The van der Waals surface area contributed by atoms with Gasteiger partial charge in [0, 0.05) is 29.1 Å². The zero-order valence-corrected chi connectivity index (χ0v) is 10.7. The van der Waals surface area contributed by atoms with Crippen LogP contribution in [0.4, 0.5) is 0 Å². The third-order valence-electron chi connectivity index (χ3n) is 3.88. The SMILES string of the molecule is NCC1(CNC(=O)c2ccc3ncccc3c2)CC1. The summed E-state index contributed by atoms with van der Waals surface area (Å²) in [6.45, 7) is 1.32. The van der Waals surface area contributed by atoms with Crippen LogP contribution < -0.4 is 11.1 Å². The predicted octanol–water partition coefficient (Wildman–Crippen LogP) is 1.70. The molecule has 4 nitrogen and oxygen atoms in total. The number of hydrogen-bond donors (Lipinski definition) is 2. The number of carbonyl (C=O) groups is 1. The van der Waals surface area contributed by atoms with Crippen molar-refractivity contribution in [3.8, 4) is 0 Å². The van der Waals surface area contributed by atoms with Gasteiger partial charge in [0.25, 0.3) is 5.91 Å². The lowest BCUT2D eigenvalue weighted by Crippen LogP contribution is -2.33. The molecular formula is C15H17N3O. The van der Waals surface area contributed by atoms with Gasteiger partial charge < -0.3 is 11.1 Å². The van der Waals surface area contributed by atoms with E-state index in [2.05, 4.69) is 10.3 Å². The molecule has 19 heavy (non-hydrogen) atoms. The topological polar surface area (TPSA) is 68.0 Å². The van der Waals surface area contributed by atoms with E-state index >= 15 is 0 Å². The zero-order valence-electron chi connectivity index (χ0n) is 10.7. The van der Waals surface area contributed by atoms with Crippen LogP contribution in [0.15, 0.2) is 36.5 Å². The molecule has 3 N–H and O–H groups in total. The molecule has 4 heteroatoms. The lowest BCUT2D eigenvalue weighted by molar-refractivity contribution is 0.0945. The van der Waals surface area contributed by atoms with Crippen molar-refractivity contribution in [2.75, 3.05) is 13.1 Å². The number of carbonyl (C=O) groups excluding carboxylic acids is 1. The summed E-state index contributed by atoms with van der Waals surface area (Å²) in [5.41, 5.74) is 7.45. The molecule has 0 radical (unpaired) electrons. The number of nitrogens with zero attached hydrogens (tertiary/aromatic N) is 1. The summed E-state index contributed by atoms with van der Waals surface area (Å²) in [5.74, 6) is -0.0366. The number of pyridine rings is 1. The van der Waals surface area contributed by atoms with Gasteiger partial charge in [-0.3, -0.25) is 9.78 Å². The van der Waals surface area contributed by atoms with Crippen LogP contribution in [0.2, 0.25) is 0 Å². The van der Waals surface area contributed by atoms with E-state index in [1.165, 1.54) is 0 Å². The van der Waals surface area contributed by atoms with Gasteiger partial charge in [-0.05, 0) is 43.7 Å². The molecule has 0 aliphatic heterocycles. The monoisotopic (exact) mass is 255 g/mol. The maximum atomic E-state index is 12.1. The zero-order chi connectivity index (χ0) is 13.3. The average Bonchev–Trinajstić information content (AvgIpc) is 3.25. The quantitative estimate of drug-likeness (QED) is 0.873. The van der Waals surface area contributed by atoms with E-state index in [0.717, 1.165) is 23.7 Å². The van der Waals surface area contributed by atoms with Crippen LogP contribution in [-0.2, 0) is 0 Å². The first-order chi connectivity index (χ1) is 9.22. The molecule has 0 saturated heterocycles. The van der Waals surface area contributed by atoms with Gasteiger partial charge in [0.15, 0.2) is 0 Å². The Morgan fingerprint density at radius 3 is 2.95 bits per heavy atom. The smallest absolute Gasteiger partial charge is 0.251 e. The van der Waals surface area contributed by atoms with Crippen molar-refractivity contribution < 1.29 is 4.79 Å². The summed E-state index contributed by atoms with van der Waals surface area (Å²) >= 11 is 0. The molecule has 0 unspecified atom stereocenters. The maximum absolute atomic E-state index is 12.1. The number of nitrogens with one attached hydrogen (secondary N) is 1. The van der Waals surface area contributed by atoms with E-state index in [9.17, 15) is 4.79 Å². The standard InChI is InChI=1S/C15H17N3O/c16-9-15(5-6-15)10-18-14(19)12-3-4-13-11(8-12)2-1-7-17-13/h1-4,7-8H,5-6,9-10,16H2,(H,18,19). The van der Waals surface area contributed by atoms with Crippen LogP contribution in [0, 0.1) is 5.41 Å². The lowest BCUT2D eigenvalue weighted by atomic mass is 10.1. The molecule has 1 aromatic heterocycles. The van der Waals surface area contributed by atoms with E-state index in [1.807, 2.05) is 30.3 Å². The largest absolute Gasteiger partial charge is 0.351 e. The minimum Gasteiger partial charge on any atom is -0.351 e. The fraction of sp³-hybridized carbons (Fsp3) is 0.333. The van der Waals surface area contributed by atoms with Crippen molar-refractivity contribution in [1.82, 2.24) is 10.3 Å². The molecule has 2 aromatic rings. The Balaban J connectivity index is 1.74. The van der Waals surface area contributed by atoms with Crippen LogP contribution >= 0.6 is 0 Å². The van der Waals surface area contributed by atoms with Crippen LogP contribution in [-0.4, -0.2) is 24.0 Å². The van der Waals surface area contributed by atoms with Crippen molar-refractivity contribution >= 4 is 16.8 Å². The summed E-state index contributed by atoms with van der Waals surface area (Å²) in [4.78, 5) is 16.3. The third-order valence-corrected chi connectivity index (χ3v) is 3.88. The summed E-state index contributed by atoms with van der Waals surface area (Å²) in [6, 6.07) is 9.39. The lowest BCUT2D eigenvalue weighted by Gasteiger charge is -2.13. The second kappa shape index (κ2) is 4.63. The Kier molecular flexibility index (Phi) is 2.95. The molecule has 98 valence electrons. The normalized spacial score (nSPS) is 16.3. The second-order valence-electron chi connectivity index (χ2n) is 5.30. The fourth-order valence-corrected chi connectivity index (χ4v) is 2.22. The highest BCUT2D eigenvalue weighted by molar-refractivity contribution is 5.97. The van der Waals surface area contributed by atoms with E-state index in [1.54, 1.807) is 6.20 Å². The summed E-state index contributed by atoms with van der Waals surface area (Å²) in [7, 11) is 0. The Labute approximate surface area is 112 Å². The van der Waals surface area contributed by atoms with Crippen molar-refractivity contribution in [3.05, 3.63) is 42.1 Å². The third kappa shape index (κ3) is 2.44. The van der Waals surface area contributed by atoms with Gasteiger partial charge in [0.2, 0.25) is 0 Å². The number of nitrogens with two attached hydrogens (primary N) is 1. The molecule has 0 spiro atoms. The van der Waals surface area contributed by atoms with Crippen LogP contribution in [0.5, 0.6) is 0 Å². The molecule has 1 heterocycles. The highest BCUT2D eigenvalue weighted by Gasteiger charge is 2.41. The summed E-state index contributed by atoms with van der Waals surface area (Å²) < 4.78 is 0. The van der Waals surface area contributed by atoms with Crippen LogP contribution in [0.25, 0.3) is 10.9 Å². The molecule has 0 atom stereocenters. The molecule has 1 amide bonds. The van der Waals surface area contributed by atoms with E-state index < -0.39 is 0 Å². The van der Waals surface area contributed by atoms with Crippen molar-refractivity contribution in [2.24, 2.45) is 11.1 Å². The maximum Gasteiger partial charge on any atom is 0.251 e. The predicted molar refractivity (Wildman–Crippen MR) is 74.8 cm³/mol. The molecule has 1 aliphatic carbocycles. The summed E-state index contributed by atoms with van der Waals surface area (Å²) in [5, 5.41) is 3.96. The van der Waals surface area contributed by atoms with E-state index in [4.69, 9.17) is 5.73 Å². The molecule has 3 rings (SSSR count). The molecular weight excluding hydrogens is 238 g/mol. The number of aromatic nitrogens is 1. The number of amides is 1. The summed E-state index contributed by atoms with van der Waals surface area (Å²) in [6.07, 6.45) is 3.98. The molecule has 1 aromatic carbocycles. The van der Waals surface area contributed by atoms with Gasteiger partial charge in [0.1, 0.15) is 0 Å². The number of benzene rings is 1. The van der Waals surface area contributed by atoms with E-state index in [-0.39, 0.29) is 11.3 Å². The number of rotatable bonds is 4. The van der Waals surface area contributed by atoms with Crippen LogP contribution in [0.1, 0.15) is 23.2 Å². The highest BCUT2D eigenvalue weighted by Crippen LogP contribution is 2.43. The van der Waals surface area contributed by atoms with Crippen LogP contribution in [0.3, 0.4) is 0 Å². The number of hydrogen-bond acceptors (Lipinski definition) is 3. The van der Waals surface area contributed by atoms with Crippen molar-refractivity contribution in [1.29, 1.82) is 0 Å². The molecule has 1 fully saturated rings. The van der Waals surface area contributed by atoms with Gasteiger partial charge in [-0.1, -0.05) is 6.07 Å². The Morgan fingerprint density at radius 2 is 2.21 bits per heavy atom. The first-order valence-electron chi connectivity index (χ1n) is 6.56. The van der Waals surface area contributed by atoms with Gasteiger partial charge in [-0.15, -0.1) is 0 Å². The Bertz CT molecular complexity index is 620. The second-order valence-corrected chi connectivity index (χ2v) is 5.30. The Hall–Kier alpha value is -1.94. The van der Waals surface area contributed by atoms with Crippen molar-refractivity contribution in [3.63, 3.8) is 0 Å². The van der Waals surface area contributed by atoms with Gasteiger partial charge in [-0.25, -0.2) is 0 Å². The minimum atomic E-state index is -0.0366. The van der Waals surface area contributed by atoms with Gasteiger partial charge >= 0.3 is 0 Å². The average molecular weight is 255 g/mol. The van der Waals surface area contributed by atoms with E-state index in [0.29, 0.717) is 18.7 Å². The number of fused-ring (bicyclic) bond motifs is 1. The first kappa shape index (κ1) is 12.1. The highest BCUT2D eigenvalue weighted by atomic mass is 16.1. The molecule has 1 aliphatic rings. The fourth-order valence-electron chi connectivity index (χ4n) is 2.22. The van der Waals surface area contributed by atoms with Crippen molar-refractivity contribution in [2.45, 2.75) is 12.8 Å². The Morgan fingerprint density at radius 1 is 1.37 bits per heavy atom. The minimum absolute atomic E-state index is 0.0366. The first-order valence-corrected chi connectivity index (χ1v) is 6.56.